The summed E-state index contributed by atoms with van der Waals surface area (Å²) in [6, 6.07) is 6.56. The molecule has 3 rings (SSSR count). The Morgan fingerprint density at radius 3 is 2.44 bits per heavy atom. The number of rotatable bonds is 5. The number of aliphatic hydroxyl groups excluding tert-OH is 1. The summed E-state index contributed by atoms with van der Waals surface area (Å²) in [5.74, 6) is -0.272. The van der Waals surface area contributed by atoms with Crippen molar-refractivity contribution in [2.45, 2.75) is 26.0 Å². The summed E-state index contributed by atoms with van der Waals surface area (Å²) in [6.45, 7) is 6.93. The van der Waals surface area contributed by atoms with Crippen LogP contribution in [0.15, 0.2) is 24.3 Å². The van der Waals surface area contributed by atoms with Gasteiger partial charge in [0.05, 0.1) is 25.9 Å². The number of morpholine rings is 1. The highest BCUT2D eigenvalue weighted by atomic mass is 16.5. The number of imide groups is 1. The maximum atomic E-state index is 12.7. The van der Waals surface area contributed by atoms with Gasteiger partial charge in [-0.15, -0.1) is 0 Å². The average molecular weight is 347 g/mol. The molecule has 1 N–H and O–H groups in total. The van der Waals surface area contributed by atoms with Gasteiger partial charge in [0, 0.05) is 25.3 Å². The monoisotopic (exact) mass is 347 g/mol. The maximum Gasteiger partial charge on any atom is 0.332 e. The fraction of sp³-hybridized carbons (Fsp3) is 0.556. The quantitative estimate of drug-likeness (QED) is 0.800. The van der Waals surface area contributed by atoms with E-state index in [0.29, 0.717) is 25.4 Å². The van der Waals surface area contributed by atoms with Gasteiger partial charge in [0.1, 0.15) is 6.04 Å². The Balaban J connectivity index is 1.66. The van der Waals surface area contributed by atoms with Crippen molar-refractivity contribution in [2.24, 2.45) is 0 Å². The van der Waals surface area contributed by atoms with E-state index < -0.39 is 12.1 Å². The second-order valence-electron chi connectivity index (χ2n) is 6.68. The zero-order valence-corrected chi connectivity index (χ0v) is 14.7. The molecule has 0 saturated carbocycles. The van der Waals surface area contributed by atoms with E-state index in [-0.39, 0.29) is 18.5 Å². The predicted octanol–water partition coefficient (Wildman–Crippen LogP) is 0.845. The largest absolute Gasteiger partial charge is 0.390 e. The molecule has 0 aliphatic carbocycles. The Hall–Kier alpha value is -1.96. The highest BCUT2D eigenvalue weighted by Crippen LogP contribution is 2.26. The highest BCUT2D eigenvalue weighted by molar-refractivity contribution is 6.14. The molecule has 0 radical (unpaired) electrons. The van der Waals surface area contributed by atoms with Crippen LogP contribution < -0.4 is 4.90 Å². The number of urea groups is 1. The van der Waals surface area contributed by atoms with Gasteiger partial charge in [-0.1, -0.05) is 17.7 Å². The number of aryl methyl sites for hydroxylation is 1. The first-order chi connectivity index (χ1) is 12.0. The van der Waals surface area contributed by atoms with Crippen LogP contribution in [-0.2, 0) is 9.53 Å². The van der Waals surface area contributed by atoms with E-state index in [2.05, 4.69) is 4.90 Å². The summed E-state index contributed by atoms with van der Waals surface area (Å²) >= 11 is 0. The molecule has 2 atom stereocenters. The maximum absolute atomic E-state index is 12.7. The Morgan fingerprint density at radius 1 is 1.16 bits per heavy atom. The number of aliphatic hydroxyl groups is 1. The molecule has 2 aliphatic heterocycles. The summed E-state index contributed by atoms with van der Waals surface area (Å²) in [4.78, 5) is 30.0. The van der Waals surface area contributed by atoms with E-state index in [4.69, 9.17) is 4.74 Å². The lowest BCUT2D eigenvalue weighted by molar-refractivity contribution is -0.128. The smallest absolute Gasteiger partial charge is 0.332 e. The van der Waals surface area contributed by atoms with Gasteiger partial charge in [-0.25, -0.2) is 4.79 Å². The average Bonchev–Trinajstić information content (AvgIpc) is 2.80. The second-order valence-corrected chi connectivity index (χ2v) is 6.68. The van der Waals surface area contributed by atoms with Gasteiger partial charge in [0.25, 0.3) is 5.91 Å². The number of benzene rings is 1. The van der Waals surface area contributed by atoms with E-state index in [1.165, 1.54) is 4.90 Å². The molecule has 136 valence electrons. The number of carbonyl (C=O) groups excluding carboxylic acids is 2. The molecule has 0 unspecified atom stereocenters. The van der Waals surface area contributed by atoms with E-state index in [1.807, 2.05) is 31.2 Å². The number of carbonyl (C=O) groups is 2. The molecule has 1 aromatic rings. The molecule has 1 aromatic carbocycles. The first-order valence-corrected chi connectivity index (χ1v) is 8.67. The molecule has 2 fully saturated rings. The fourth-order valence-corrected chi connectivity index (χ4v) is 3.28. The van der Waals surface area contributed by atoms with Crippen molar-refractivity contribution in [2.75, 3.05) is 44.3 Å². The Morgan fingerprint density at radius 2 is 1.80 bits per heavy atom. The third kappa shape index (κ3) is 3.84. The molecule has 25 heavy (non-hydrogen) atoms. The van der Waals surface area contributed by atoms with Crippen LogP contribution in [0.25, 0.3) is 0 Å². The lowest BCUT2D eigenvalue weighted by Gasteiger charge is -2.29. The molecular formula is C18H25N3O4. The van der Waals surface area contributed by atoms with Crippen molar-refractivity contribution in [3.8, 4) is 0 Å². The minimum atomic E-state index is -0.767. The van der Waals surface area contributed by atoms with Gasteiger partial charge in [-0.3, -0.25) is 19.5 Å². The standard InChI is InChI=1S/C18H25N3O4/c1-13-3-5-15(6-4-13)21-14(2)17(23)20(18(21)24)12-16(22)11-19-7-9-25-10-8-19/h3-6,14,16,22H,7-12H2,1-2H3/t14-,16+/m1/s1. The van der Waals surface area contributed by atoms with E-state index in [1.54, 1.807) is 6.92 Å². The van der Waals surface area contributed by atoms with Gasteiger partial charge in [0.2, 0.25) is 0 Å². The van der Waals surface area contributed by atoms with Crippen molar-refractivity contribution in [1.82, 2.24) is 9.80 Å². The highest BCUT2D eigenvalue weighted by Gasteiger charge is 2.43. The minimum absolute atomic E-state index is 0.0156. The molecule has 2 heterocycles. The van der Waals surface area contributed by atoms with Crippen LogP contribution in [0, 0.1) is 6.92 Å². The topological polar surface area (TPSA) is 73.3 Å². The van der Waals surface area contributed by atoms with Crippen LogP contribution in [0.1, 0.15) is 12.5 Å². The third-order valence-corrected chi connectivity index (χ3v) is 4.73. The first kappa shape index (κ1) is 17.8. The molecule has 7 nitrogen and oxygen atoms in total. The van der Waals surface area contributed by atoms with E-state index in [9.17, 15) is 14.7 Å². The lowest BCUT2D eigenvalue weighted by atomic mass is 10.2. The number of nitrogens with zero attached hydrogens (tertiary/aromatic N) is 3. The van der Waals surface area contributed by atoms with Crippen LogP contribution in [0.4, 0.5) is 10.5 Å². The van der Waals surface area contributed by atoms with Crippen LogP contribution in [0.3, 0.4) is 0 Å². The summed E-state index contributed by atoms with van der Waals surface area (Å²) in [5.41, 5.74) is 1.79. The van der Waals surface area contributed by atoms with Crippen LogP contribution in [-0.4, -0.2) is 78.4 Å². The van der Waals surface area contributed by atoms with Crippen molar-refractivity contribution < 1.29 is 19.4 Å². The van der Waals surface area contributed by atoms with Gasteiger partial charge in [0.15, 0.2) is 0 Å². The van der Waals surface area contributed by atoms with Crippen molar-refractivity contribution in [3.63, 3.8) is 0 Å². The Kier molecular flexibility index (Phi) is 5.36. The molecule has 2 aliphatic rings. The molecule has 0 bridgehead atoms. The summed E-state index contributed by atoms with van der Waals surface area (Å²) in [7, 11) is 0. The van der Waals surface area contributed by atoms with Crippen LogP contribution in [0.2, 0.25) is 0 Å². The number of anilines is 1. The van der Waals surface area contributed by atoms with Crippen LogP contribution in [0.5, 0.6) is 0 Å². The number of ether oxygens (including phenoxy) is 1. The number of β-amino-alcohol motifs (C(OH)–C–C–N with tert-alkyl or cyclic N) is 1. The Bertz CT molecular complexity index is 628. The summed E-state index contributed by atoms with van der Waals surface area (Å²) in [5, 5.41) is 10.3. The minimum Gasteiger partial charge on any atom is -0.390 e. The van der Waals surface area contributed by atoms with Crippen LogP contribution >= 0.6 is 0 Å². The molecule has 2 saturated heterocycles. The SMILES string of the molecule is Cc1ccc(N2C(=O)N(C[C@@H](O)CN3CCOCC3)C(=O)[C@H]2C)cc1. The first-order valence-electron chi connectivity index (χ1n) is 8.67. The van der Waals surface area contributed by atoms with Gasteiger partial charge >= 0.3 is 6.03 Å². The third-order valence-electron chi connectivity index (χ3n) is 4.73. The zero-order chi connectivity index (χ0) is 18.0. The predicted molar refractivity (Wildman–Crippen MR) is 93.5 cm³/mol. The van der Waals surface area contributed by atoms with E-state index >= 15 is 0 Å². The fourth-order valence-electron chi connectivity index (χ4n) is 3.28. The van der Waals surface area contributed by atoms with Gasteiger partial charge in [-0.2, -0.15) is 0 Å². The molecule has 0 spiro atoms. The molecule has 7 heteroatoms. The summed E-state index contributed by atoms with van der Waals surface area (Å²) < 4.78 is 5.29. The normalized spacial score (nSPS) is 23.4. The summed E-state index contributed by atoms with van der Waals surface area (Å²) in [6.07, 6.45) is -0.767. The molecule has 0 aromatic heterocycles. The van der Waals surface area contributed by atoms with Crippen molar-refractivity contribution >= 4 is 17.6 Å². The Labute approximate surface area is 147 Å². The molecule has 3 amide bonds. The lowest BCUT2D eigenvalue weighted by Crippen LogP contribution is -2.46. The van der Waals surface area contributed by atoms with Crippen molar-refractivity contribution in [3.05, 3.63) is 29.8 Å². The molecular weight excluding hydrogens is 322 g/mol. The van der Waals surface area contributed by atoms with Gasteiger partial charge in [-0.05, 0) is 26.0 Å². The second kappa shape index (κ2) is 7.51. The number of hydrogen-bond donors (Lipinski definition) is 1. The van der Waals surface area contributed by atoms with Gasteiger partial charge < -0.3 is 9.84 Å². The van der Waals surface area contributed by atoms with E-state index in [0.717, 1.165) is 23.6 Å². The van der Waals surface area contributed by atoms with Crippen molar-refractivity contribution in [1.29, 1.82) is 0 Å². The zero-order valence-electron chi connectivity index (χ0n) is 14.7. The number of hydrogen-bond acceptors (Lipinski definition) is 5. The number of amides is 3.